The van der Waals surface area contributed by atoms with Gasteiger partial charge in [-0.05, 0) is 62.8 Å². The van der Waals surface area contributed by atoms with Crippen molar-refractivity contribution >= 4 is 0 Å². The number of pyridine rings is 2. The second-order valence-corrected chi connectivity index (χ2v) is 14.0. The van der Waals surface area contributed by atoms with E-state index in [0.717, 1.165) is 88.2 Å². The Bertz CT molecular complexity index is 2180. The summed E-state index contributed by atoms with van der Waals surface area (Å²) in [6.45, 7) is 4.55. The molecule has 0 spiro atoms. The molecule has 0 N–H and O–H groups in total. The minimum Gasteiger partial charge on any atom is -0.252 e. The van der Waals surface area contributed by atoms with Crippen LogP contribution in [0.4, 0.5) is 0 Å². The number of rotatable bonds is 8. The Labute approximate surface area is 300 Å². The van der Waals surface area contributed by atoms with Crippen molar-refractivity contribution in [1.82, 2.24) is 24.9 Å². The maximum Gasteiger partial charge on any atom is 0.163 e. The van der Waals surface area contributed by atoms with Gasteiger partial charge in [0.2, 0.25) is 0 Å². The molecule has 7 aromatic rings. The Morgan fingerprint density at radius 2 is 0.961 bits per heavy atom. The number of aromatic nitrogens is 5. The highest BCUT2D eigenvalue weighted by Gasteiger charge is 2.35. The molecule has 8 rings (SSSR count). The van der Waals surface area contributed by atoms with Crippen LogP contribution in [0.15, 0.2) is 152 Å². The molecular weight excluding hydrogens is 623 g/mol. The summed E-state index contributed by atoms with van der Waals surface area (Å²) in [5.41, 5.74) is 9.10. The molecule has 0 amide bonds. The Kier molecular flexibility index (Phi) is 9.02. The minimum atomic E-state index is -0.452. The monoisotopic (exact) mass is 663 g/mol. The zero-order valence-electron chi connectivity index (χ0n) is 29.2. The van der Waals surface area contributed by atoms with Crippen LogP contribution < -0.4 is 0 Å². The predicted octanol–water partition coefficient (Wildman–Crippen LogP) is 11.1. The van der Waals surface area contributed by atoms with Gasteiger partial charge < -0.3 is 0 Å². The van der Waals surface area contributed by atoms with Crippen LogP contribution in [0.5, 0.6) is 0 Å². The van der Waals surface area contributed by atoms with Gasteiger partial charge in [0.05, 0.1) is 22.8 Å². The second kappa shape index (κ2) is 14.2. The number of hydrogen-bond donors (Lipinski definition) is 0. The summed E-state index contributed by atoms with van der Waals surface area (Å²) in [6.07, 6.45) is 4.16. The number of nitrogens with zero attached hydrogens (tertiary/aromatic N) is 5. The zero-order chi connectivity index (χ0) is 34.6. The van der Waals surface area contributed by atoms with Gasteiger partial charge in [-0.3, -0.25) is 9.97 Å². The Morgan fingerprint density at radius 3 is 1.53 bits per heavy atom. The third-order valence-corrected chi connectivity index (χ3v) is 10.2. The summed E-state index contributed by atoms with van der Waals surface area (Å²) in [6, 6.07) is 52.3. The van der Waals surface area contributed by atoms with E-state index in [1.165, 1.54) is 5.56 Å². The fourth-order valence-corrected chi connectivity index (χ4v) is 7.46. The van der Waals surface area contributed by atoms with E-state index in [1.807, 2.05) is 42.5 Å². The van der Waals surface area contributed by atoms with Gasteiger partial charge in [-0.25, -0.2) is 15.0 Å². The van der Waals surface area contributed by atoms with Crippen LogP contribution in [-0.4, -0.2) is 24.9 Å². The van der Waals surface area contributed by atoms with E-state index < -0.39 is 5.41 Å². The summed E-state index contributed by atoms with van der Waals surface area (Å²) in [5.74, 6) is 2.81. The first kappa shape index (κ1) is 32.4. The van der Waals surface area contributed by atoms with Gasteiger partial charge in [-0.2, -0.15) is 0 Å². The van der Waals surface area contributed by atoms with Crippen LogP contribution in [0, 0.1) is 0 Å². The smallest absolute Gasteiger partial charge is 0.163 e. The van der Waals surface area contributed by atoms with E-state index >= 15 is 0 Å². The van der Waals surface area contributed by atoms with Crippen molar-refractivity contribution in [3.63, 3.8) is 0 Å². The number of hydrogen-bond acceptors (Lipinski definition) is 5. The molecule has 3 aromatic heterocycles. The van der Waals surface area contributed by atoms with Crippen LogP contribution in [0.25, 0.3) is 45.3 Å². The summed E-state index contributed by atoms with van der Waals surface area (Å²) >= 11 is 0. The lowest BCUT2D eigenvalue weighted by molar-refractivity contribution is 0.377. The Balaban J connectivity index is 1.20. The van der Waals surface area contributed by atoms with Gasteiger partial charge in [0.1, 0.15) is 5.82 Å². The third kappa shape index (κ3) is 6.85. The topological polar surface area (TPSA) is 64.5 Å². The summed E-state index contributed by atoms with van der Waals surface area (Å²) in [4.78, 5) is 26.0. The molecule has 2 atom stereocenters. The molecule has 250 valence electrons. The first-order valence-electron chi connectivity index (χ1n) is 18.0. The molecule has 5 heteroatoms. The van der Waals surface area contributed by atoms with Crippen LogP contribution in [0.3, 0.4) is 0 Å². The van der Waals surface area contributed by atoms with Crippen molar-refractivity contribution in [2.24, 2.45) is 0 Å². The molecule has 0 aliphatic heterocycles. The van der Waals surface area contributed by atoms with Crippen molar-refractivity contribution in [3.8, 4) is 45.3 Å². The molecule has 4 aromatic carbocycles. The number of benzene rings is 4. The molecule has 0 bridgehead atoms. The van der Waals surface area contributed by atoms with Crippen LogP contribution in [0.1, 0.15) is 74.1 Å². The zero-order valence-corrected chi connectivity index (χ0v) is 29.2. The SMILES string of the molecule is CC(C)(c1cccc(-c2ccccc2)n1)c1nc(-c2ccccc2)ccc1C1CCCC(c2nc(-c3ccccc3)nc(-c3ccccc3)n2)C1. The van der Waals surface area contributed by atoms with Gasteiger partial charge in [0, 0.05) is 33.6 Å². The molecule has 1 aliphatic rings. The van der Waals surface area contributed by atoms with E-state index in [1.54, 1.807) is 0 Å². The molecule has 1 fully saturated rings. The first-order chi connectivity index (χ1) is 25.0. The molecule has 2 unspecified atom stereocenters. The minimum absolute atomic E-state index is 0.195. The maximum atomic E-state index is 5.49. The van der Waals surface area contributed by atoms with Crippen molar-refractivity contribution in [2.75, 3.05) is 0 Å². The van der Waals surface area contributed by atoms with E-state index in [9.17, 15) is 0 Å². The second-order valence-electron chi connectivity index (χ2n) is 14.0. The molecule has 1 saturated carbocycles. The lowest BCUT2D eigenvalue weighted by atomic mass is 9.73. The lowest BCUT2D eigenvalue weighted by Crippen LogP contribution is -2.27. The van der Waals surface area contributed by atoms with E-state index in [-0.39, 0.29) is 5.92 Å². The molecule has 5 nitrogen and oxygen atoms in total. The standard InChI is InChI=1S/C46H41N5/c1-46(2,41-28-16-27-39(47-41)32-17-7-3-8-18-32)42-38(29-30-40(48-42)33-19-9-4-10-20-33)36-25-15-26-37(31-36)45-50-43(34-21-11-5-12-22-34)49-44(51-45)35-23-13-6-14-24-35/h3-14,16-24,27-30,36-37H,15,25-26,31H2,1-2H3. The molecular formula is C46H41N5. The highest BCUT2D eigenvalue weighted by molar-refractivity contribution is 5.63. The van der Waals surface area contributed by atoms with Gasteiger partial charge in [-0.1, -0.05) is 140 Å². The predicted molar refractivity (Wildman–Crippen MR) is 206 cm³/mol. The van der Waals surface area contributed by atoms with Crippen LogP contribution in [-0.2, 0) is 5.41 Å². The lowest BCUT2D eigenvalue weighted by Gasteiger charge is -2.34. The van der Waals surface area contributed by atoms with E-state index in [2.05, 4.69) is 123 Å². The summed E-state index contributed by atoms with van der Waals surface area (Å²) < 4.78 is 0. The molecule has 1 aliphatic carbocycles. The fourth-order valence-electron chi connectivity index (χ4n) is 7.46. The van der Waals surface area contributed by atoms with Gasteiger partial charge in [-0.15, -0.1) is 0 Å². The fraction of sp³-hybridized carbons (Fsp3) is 0.196. The Hall–Kier alpha value is -5.81. The molecule has 0 saturated heterocycles. The maximum absolute atomic E-state index is 5.49. The normalized spacial score (nSPS) is 16.1. The Morgan fingerprint density at radius 1 is 0.451 bits per heavy atom. The first-order valence-corrected chi connectivity index (χ1v) is 18.0. The summed E-state index contributed by atoms with van der Waals surface area (Å²) in [5, 5.41) is 0. The van der Waals surface area contributed by atoms with Crippen molar-refractivity contribution < 1.29 is 0 Å². The summed E-state index contributed by atoms with van der Waals surface area (Å²) in [7, 11) is 0. The van der Waals surface area contributed by atoms with Gasteiger partial charge in [0.25, 0.3) is 0 Å². The van der Waals surface area contributed by atoms with Crippen LogP contribution >= 0.6 is 0 Å². The third-order valence-electron chi connectivity index (χ3n) is 10.2. The highest BCUT2D eigenvalue weighted by Crippen LogP contribution is 2.45. The van der Waals surface area contributed by atoms with Crippen LogP contribution in [0.2, 0.25) is 0 Å². The van der Waals surface area contributed by atoms with Gasteiger partial charge in [0.15, 0.2) is 11.6 Å². The molecule has 51 heavy (non-hydrogen) atoms. The van der Waals surface area contributed by atoms with E-state index in [4.69, 9.17) is 24.9 Å². The molecule has 3 heterocycles. The molecule has 0 radical (unpaired) electrons. The van der Waals surface area contributed by atoms with Gasteiger partial charge >= 0.3 is 0 Å². The van der Waals surface area contributed by atoms with Crippen molar-refractivity contribution in [2.45, 2.75) is 56.8 Å². The van der Waals surface area contributed by atoms with Crippen molar-refractivity contribution in [3.05, 3.63) is 174 Å². The highest BCUT2D eigenvalue weighted by atomic mass is 15.0. The largest absolute Gasteiger partial charge is 0.252 e. The van der Waals surface area contributed by atoms with Crippen molar-refractivity contribution in [1.29, 1.82) is 0 Å². The quantitative estimate of drug-likeness (QED) is 0.162. The van der Waals surface area contributed by atoms with E-state index in [0.29, 0.717) is 5.92 Å². The average molecular weight is 664 g/mol. The average Bonchev–Trinajstić information content (AvgIpc) is 3.22.